The Hall–Kier alpha value is -2.50. The number of anilines is 1. The van der Waals surface area contributed by atoms with Gasteiger partial charge in [-0.15, -0.1) is 0 Å². The predicted octanol–water partition coefficient (Wildman–Crippen LogP) is 2.86. The number of nitrogen functional groups attached to an aromatic ring is 1. The highest BCUT2D eigenvalue weighted by molar-refractivity contribution is 5.87. The van der Waals surface area contributed by atoms with E-state index in [1.54, 1.807) is 12.1 Å². The van der Waals surface area contributed by atoms with Crippen LogP contribution in [0, 0.1) is 5.82 Å². The Bertz CT molecular complexity index is 761. The molecule has 1 aromatic carbocycles. The number of fused-ring (bicyclic) bond motifs is 1. The Morgan fingerprint density at radius 1 is 1.10 bits per heavy atom. The third-order valence-corrected chi connectivity index (χ3v) is 3.13. The molecule has 5 nitrogen and oxygen atoms in total. The highest BCUT2D eigenvalue weighted by Crippen LogP contribution is 2.27. The molecule has 0 aliphatic rings. The quantitative estimate of drug-likeness (QED) is 0.751. The van der Waals surface area contributed by atoms with Gasteiger partial charge in [-0.1, -0.05) is 13.8 Å². The van der Waals surface area contributed by atoms with Gasteiger partial charge in [0, 0.05) is 5.56 Å². The summed E-state index contributed by atoms with van der Waals surface area (Å²) in [6.07, 6.45) is 0. The van der Waals surface area contributed by atoms with E-state index in [1.807, 2.05) is 13.8 Å². The summed E-state index contributed by atoms with van der Waals surface area (Å²) in [5.41, 5.74) is 8.85. The average Bonchev–Trinajstić information content (AvgIpc) is 2.84. The zero-order chi connectivity index (χ0) is 14.3. The number of hydrogen-bond donors (Lipinski definition) is 2. The molecule has 0 fully saturated rings. The number of rotatable bonds is 2. The Kier molecular flexibility index (Phi) is 2.85. The third-order valence-electron chi connectivity index (χ3n) is 3.13. The molecule has 3 rings (SSSR count). The number of nitrogens with zero attached hydrogens (tertiary/aromatic N) is 3. The molecule has 6 heteroatoms. The Labute approximate surface area is 115 Å². The van der Waals surface area contributed by atoms with E-state index in [-0.39, 0.29) is 11.7 Å². The SMILES string of the molecule is CC(C)c1[nH]nc2c(N)nc(-c3ccc(F)cc3)nc12. The maximum atomic E-state index is 13.0. The average molecular weight is 271 g/mol. The molecule has 102 valence electrons. The van der Waals surface area contributed by atoms with E-state index in [1.165, 1.54) is 12.1 Å². The van der Waals surface area contributed by atoms with Crippen LogP contribution in [0.3, 0.4) is 0 Å². The molecular weight excluding hydrogens is 257 g/mol. The maximum Gasteiger partial charge on any atom is 0.162 e. The summed E-state index contributed by atoms with van der Waals surface area (Å²) < 4.78 is 13.0. The van der Waals surface area contributed by atoms with E-state index in [0.29, 0.717) is 22.7 Å². The van der Waals surface area contributed by atoms with Crippen LogP contribution in [0.5, 0.6) is 0 Å². The fourth-order valence-electron chi connectivity index (χ4n) is 2.07. The standard InChI is InChI=1S/C14H14FN5/c1-7(2)10-11-12(20-19-10)13(16)18-14(17-11)8-3-5-9(15)6-4-8/h3-7H,1-2H3,(H,19,20)(H2,16,17,18). The number of halogens is 1. The number of aromatic nitrogens is 4. The second-order valence-electron chi connectivity index (χ2n) is 4.93. The van der Waals surface area contributed by atoms with Crippen molar-refractivity contribution < 1.29 is 4.39 Å². The van der Waals surface area contributed by atoms with Gasteiger partial charge in [-0.2, -0.15) is 5.10 Å². The number of benzene rings is 1. The summed E-state index contributed by atoms with van der Waals surface area (Å²) in [5, 5.41) is 7.10. The van der Waals surface area contributed by atoms with Gasteiger partial charge in [0.2, 0.25) is 0 Å². The van der Waals surface area contributed by atoms with Crippen molar-refractivity contribution in [1.29, 1.82) is 0 Å². The van der Waals surface area contributed by atoms with Crippen LogP contribution in [-0.4, -0.2) is 20.2 Å². The number of aromatic amines is 1. The van der Waals surface area contributed by atoms with Crippen LogP contribution >= 0.6 is 0 Å². The molecular formula is C14H14FN5. The molecule has 2 heterocycles. The molecule has 0 amide bonds. The maximum absolute atomic E-state index is 13.0. The van der Waals surface area contributed by atoms with Crippen LogP contribution < -0.4 is 5.73 Å². The van der Waals surface area contributed by atoms with Crippen molar-refractivity contribution in [2.45, 2.75) is 19.8 Å². The van der Waals surface area contributed by atoms with Crippen LogP contribution in [0.25, 0.3) is 22.4 Å². The Balaban J connectivity index is 2.22. The van der Waals surface area contributed by atoms with Crippen molar-refractivity contribution in [2.24, 2.45) is 0 Å². The summed E-state index contributed by atoms with van der Waals surface area (Å²) in [6, 6.07) is 6.01. The van der Waals surface area contributed by atoms with Crippen LogP contribution in [-0.2, 0) is 0 Å². The smallest absolute Gasteiger partial charge is 0.162 e. The molecule has 0 atom stereocenters. The van der Waals surface area contributed by atoms with E-state index in [9.17, 15) is 4.39 Å². The Morgan fingerprint density at radius 3 is 2.45 bits per heavy atom. The number of H-pyrrole nitrogens is 1. The van der Waals surface area contributed by atoms with E-state index in [2.05, 4.69) is 20.2 Å². The first kappa shape index (κ1) is 12.5. The lowest BCUT2D eigenvalue weighted by Gasteiger charge is -2.04. The highest BCUT2D eigenvalue weighted by Gasteiger charge is 2.15. The minimum atomic E-state index is -0.297. The second kappa shape index (κ2) is 4.56. The van der Waals surface area contributed by atoms with Gasteiger partial charge in [-0.05, 0) is 30.2 Å². The predicted molar refractivity (Wildman–Crippen MR) is 75.6 cm³/mol. The minimum absolute atomic E-state index is 0.246. The van der Waals surface area contributed by atoms with Gasteiger partial charge in [0.15, 0.2) is 17.2 Å². The van der Waals surface area contributed by atoms with Crippen molar-refractivity contribution in [3.63, 3.8) is 0 Å². The lowest BCUT2D eigenvalue weighted by Crippen LogP contribution is -1.98. The minimum Gasteiger partial charge on any atom is -0.382 e. The first-order valence-electron chi connectivity index (χ1n) is 6.33. The summed E-state index contributed by atoms with van der Waals surface area (Å²) in [7, 11) is 0. The fourth-order valence-corrected chi connectivity index (χ4v) is 2.07. The molecule has 0 spiro atoms. The van der Waals surface area contributed by atoms with Gasteiger partial charge in [-0.3, -0.25) is 5.10 Å². The normalized spacial score (nSPS) is 11.4. The first-order valence-corrected chi connectivity index (χ1v) is 6.33. The van der Waals surface area contributed by atoms with Crippen LogP contribution in [0.2, 0.25) is 0 Å². The summed E-state index contributed by atoms with van der Waals surface area (Å²) in [6.45, 7) is 4.09. The first-order chi connectivity index (χ1) is 9.56. The summed E-state index contributed by atoms with van der Waals surface area (Å²) in [4.78, 5) is 8.75. The van der Waals surface area contributed by atoms with Crippen LogP contribution in [0.15, 0.2) is 24.3 Å². The summed E-state index contributed by atoms with van der Waals surface area (Å²) >= 11 is 0. The van der Waals surface area contributed by atoms with Gasteiger partial charge in [0.1, 0.15) is 11.3 Å². The molecule has 2 aromatic heterocycles. The van der Waals surface area contributed by atoms with Crippen LogP contribution in [0.1, 0.15) is 25.5 Å². The molecule has 3 aromatic rings. The lowest BCUT2D eigenvalue weighted by molar-refractivity contribution is 0.628. The number of hydrogen-bond acceptors (Lipinski definition) is 4. The molecule has 0 saturated carbocycles. The van der Waals surface area contributed by atoms with E-state index in [0.717, 1.165) is 11.3 Å². The fraction of sp³-hybridized carbons (Fsp3) is 0.214. The van der Waals surface area contributed by atoms with E-state index in [4.69, 9.17) is 5.73 Å². The number of nitrogens with two attached hydrogens (primary N) is 1. The topological polar surface area (TPSA) is 80.5 Å². The van der Waals surface area contributed by atoms with Crippen molar-refractivity contribution in [3.8, 4) is 11.4 Å². The monoisotopic (exact) mass is 271 g/mol. The zero-order valence-electron chi connectivity index (χ0n) is 11.2. The molecule has 20 heavy (non-hydrogen) atoms. The summed E-state index contributed by atoms with van der Waals surface area (Å²) in [5.74, 6) is 0.736. The van der Waals surface area contributed by atoms with Crippen molar-refractivity contribution >= 4 is 16.9 Å². The molecule has 0 bridgehead atoms. The van der Waals surface area contributed by atoms with Gasteiger partial charge in [-0.25, -0.2) is 14.4 Å². The van der Waals surface area contributed by atoms with E-state index < -0.39 is 0 Å². The third kappa shape index (κ3) is 1.99. The van der Waals surface area contributed by atoms with E-state index >= 15 is 0 Å². The number of nitrogens with one attached hydrogen (secondary N) is 1. The molecule has 0 saturated heterocycles. The second-order valence-corrected chi connectivity index (χ2v) is 4.93. The molecule has 0 aliphatic heterocycles. The van der Waals surface area contributed by atoms with Crippen LogP contribution in [0.4, 0.5) is 10.2 Å². The Morgan fingerprint density at radius 2 is 1.80 bits per heavy atom. The zero-order valence-corrected chi connectivity index (χ0v) is 11.2. The van der Waals surface area contributed by atoms with Crippen molar-refractivity contribution in [3.05, 3.63) is 35.8 Å². The van der Waals surface area contributed by atoms with Gasteiger partial charge in [0.05, 0.1) is 5.69 Å². The van der Waals surface area contributed by atoms with Crippen molar-refractivity contribution in [2.75, 3.05) is 5.73 Å². The van der Waals surface area contributed by atoms with Gasteiger partial charge in [0.25, 0.3) is 0 Å². The molecule has 0 radical (unpaired) electrons. The molecule has 0 aliphatic carbocycles. The lowest BCUT2D eigenvalue weighted by atomic mass is 10.1. The largest absolute Gasteiger partial charge is 0.382 e. The van der Waals surface area contributed by atoms with Gasteiger partial charge >= 0.3 is 0 Å². The van der Waals surface area contributed by atoms with Gasteiger partial charge < -0.3 is 5.73 Å². The van der Waals surface area contributed by atoms with Crippen molar-refractivity contribution in [1.82, 2.24) is 20.2 Å². The highest BCUT2D eigenvalue weighted by atomic mass is 19.1. The molecule has 3 N–H and O–H groups in total. The molecule has 0 unspecified atom stereocenters.